The molecule has 7 nitrogen and oxygen atoms in total. The van der Waals surface area contributed by atoms with Crippen LogP contribution in [0.2, 0.25) is 5.02 Å². The largest absolute Gasteiger partial charge is 0.354 e. The molecule has 0 aliphatic heterocycles. The number of carbonyl (C=O) groups excluding carboxylic acids is 2. The van der Waals surface area contributed by atoms with Gasteiger partial charge >= 0.3 is 0 Å². The van der Waals surface area contributed by atoms with E-state index in [1.54, 1.807) is 25.1 Å². The molecule has 0 bridgehead atoms. The van der Waals surface area contributed by atoms with E-state index in [1.807, 2.05) is 61.5 Å². The SMILES string of the molecule is CCCNC(=O)C(Cc1ccccc1)N(Cc1cccc(Br)c1)C(=O)CN(c1cccc(Cl)c1C)S(C)(=O)=O. The van der Waals surface area contributed by atoms with Gasteiger partial charge < -0.3 is 10.2 Å². The summed E-state index contributed by atoms with van der Waals surface area (Å²) in [7, 11) is -3.87. The molecule has 2 amide bonds. The Kier molecular flexibility index (Phi) is 11.0. The summed E-state index contributed by atoms with van der Waals surface area (Å²) in [4.78, 5) is 29.0. The van der Waals surface area contributed by atoms with Crippen molar-refractivity contribution in [1.82, 2.24) is 10.2 Å². The van der Waals surface area contributed by atoms with Gasteiger partial charge in [0.05, 0.1) is 11.9 Å². The molecule has 208 valence electrons. The summed E-state index contributed by atoms with van der Waals surface area (Å²) in [6.45, 7) is 3.74. The van der Waals surface area contributed by atoms with Crippen molar-refractivity contribution >= 4 is 55.1 Å². The number of halogens is 2. The molecule has 0 aromatic heterocycles. The molecular formula is C29H33BrClN3O4S. The fourth-order valence-electron chi connectivity index (χ4n) is 4.21. The van der Waals surface area contributed by atoms with E-state index in [1.165, 1.54) is 4.90 Å². The lowest BCUT2D eigenvalue weighted by atomic mass is 10.0. The zero-order chi connectivity index (χ0) is 28.6. The van der Waals surface area contributed by atoms with Crippen LogP contribution in [-0.4, -0.2) is 50.5 Å². The van der Waals surface area contributed by atoms with Gasteiger partial charge in [-0.05, 0) is 54.3 Å². The first-order chi connectivity index (χ1) is 18.5. The lowest BCUT2D eigenvalue weighted by Gasteiger charge is -2.34. The van der Waals surface area contributed by atoms with Gasteiger partial charge in [0.2, 0.25) is 21.8 Å². The molecule has 3 rings (SSSR count). The summed E-state index contributed by atoms with van der Waals surface area (Å²) in [6.07, 6.45) is 2.05. The Morgan fingerprint density at radius 1 is 1.00 bits per heavy atom. The molecule has 0 fully saturated rings. The van der Waals surface area contributed by atoms with Crippen molar-refractivity contribution in [3.8, 4) is 0 Å². The van der Waals surface area contributed by atoms with Gasteiger partial charge in [-0.2, -0.15) is 0 Å². The summed E-state index contributed by atoms with van der Waals surface area (Å²) in [6, 6.07) is 21.0. The number of anilines is 1. The van der Waals surface area contributed by atoms with Crippen LogP contribution < -0.4 is 9.62 Å². The summed E-state index contributed by atoms with van der Waals surface area (Å²) >= 11 is 9.76. The van der Waals surface area contributed by atoms with E-state index in [-0.39, 0.29) is 18.9 Å². The summed E-state index contributed by atoms with van der Waals surface area (Å²) in [5, 5.41) is 3.31. The van der Waals surface area contributed by atoms with Crippen molar-refractivity contribution in [3.05, 3.63) is 99.0 Å². The van der Waals surface area contributed by atoms with E-state index >= 15 is 0 Å². The monoisotopic (exact) mass is 633 g/mol. The molecule has 0 spiro atoms. The van der Waals surface area contributed by atoms with Crippen LogP contribution in [0.5, 0.6) is 0 Å². The van der Waals surface area contributed by atoms with Crippen LogP contribution >= 0.6 is 27.5 Å². The number of hydrogen-bond donors (Lipinski definition) is 1. The van der Waals surface area contributed by atoms with Gasteiger partial charge in [-0.3, -0.25) is 13.9 Å². The predicted molar refractivity (Wildman–Crippen MR) is 160 cm³/mol. The molecule has 0 heterocycles. The minimum atomic E-state index is -3.87. The average molecular weight is 635 g/mol. The Balaban J connectivity index is 2.07. The maximum atomic E-state index is 14.1. The Hall–Kier alpha value is -2.88. The first-order valence-corrected chi connectivity index (χ1v) is 15.6. The van der Waals surface area contributed by atoms with Crippen LogP contribution in [0.25, 0.3) is 0 Å². The molecule has 0 radical (unpaired) electrons. The second-order valence-corrected chi connectivity index (χ2v) is 12.5. The maximum Gasteiger partial charge on any atom is 0.244 e. The Morgan fingerprint density at radius 2 is 1.67 bits per heavy atom. The van der Waals surface area contributed by atoms with E-state index in [4.69, 9.17) is 11.6 Å². The number of amides is 2. The molecule has 1 N–H and O–H groups in total. The van der Waals surface area contributed by atoms with Crippen molar-refractivity contribution < 1.29 is 18.0 Å². The van der Waals surface area contributed by atoms with Gasteiger partial charge in [0.1, 0.15) is 12.6 Å². The van der Waals surface area contributed by atoms with Crippen LogP contribution in [0.15, 0.2) is 77.3 Å². The van der Waals surface area contributed by atoms with Crippen LogP contribution in [0, 0.1) is 6.92 Å². The van der Waals surface area contributed by atoms with Crippen LogP contribution in [-0.2, 0) is 32.6 Å². The highest BCUT2D eigenvalue weighted by atomic mass is 79.9. The molecular weight excluding hydrogens is 602 g/mol. The first-order valence-electron chi connectivity index (χ1n) is 12.6. The highest BCUT2D eigenvalue weighted by Crippen LogP contribution is 2.28. The molecule has 0 saturated carbocycles. The van der Waals surface area contributed by atoms with E-state index < -0.39 is 28.5 Å². The highest BCUT2D eigenvalue weighted by molar-refractivity contribution is 9.10. The highest BCUT2D eigenvalue weighted by Gasteiger charge is 2.33. The maximum absolute atomic E-state index is 14.1. The molecule has 10 heteroatoms. The average Bonchev–Trinajstić information content (AvgIpc) is 2.89. The normalized spacial score (nSPS) is 12.0. The van der Waals surface area contributed by atoms with Gasteiger partial charge in [0.15, 0.2) is 0 Å². The third kappa shape index (κ3) is 8.55. The second kappa shape index (κ2) is 14.0. The van der Waals surface area contributed by atoms with Crippen molar-refractivity contribution in [2.45, 2.75) is 39.3 Å². The lowest BCUT2D eigenvalue weighted by Crippen LogP contribution is -2.53. The van der Waals surface area contributed by atoms with E-state index in [2.05, 4.69) is 21.2 Å². The lowest BCUT2D eigenvalue weighted by molar-refractivity contribution is -0.140. The van der Waals surface area contributed by atoms with Crippen molar-refractivity contribution in [2.75, 3.05) is 23.7 Å². The number of nitrogens with one attached hydrogen (secondary N) is 1. The quantitative estimate of drug-likeness (QED) is 0.291. The number of nitrogens with zero attached hydrogens (tertiary/aromatic N) is 2. The van der Waals surface area contributed by atoms with Crippen molar-refractivity contribution in [2.24, 2.45) is 0 Å². The summed E-state index contributed by atoms with van der Waals surface area (Å²) in [5.74, 6) is -0.804. The van der Waals surface area contributed by atoms with Crippen LogP contribution in [0.4, 0.5) is 5.69 Å². The molecule has 39 heavy (non-hydrogen) atoms. The minimum Gasteiger partial charge on any atom is -0.354 e. The second-order valence-electron chi connectivity index (χ2n) is 9.30. The standard InChI is InChI=1S/C29H33BrClN3O4S/c1-4-16-32-29(36)27(18-22-10-6-5-7-11-22)33(19-23-12-8-13-24(30)17-23)28(35)20-34(39(3,37)38)26-15-9-14-25(31)21(26)2/h5-15,17,27H,4,16,18-20H2,1-3H3,(H,32,36). The number of rotatable bonds is 12. The predicted octanol–water partition coefficient (Wildman–Crippen LogP) is 5.34. The summed E-state index contributed by atoms with van der Waals surface area (Å²) in [5.41, 5.74) is 2.53. The minimum absolute atomic E-state index is 0.113. The van der Waals surface area contributed by atoms with Crippen LogP contribution in [0.3, 0.4) is 0 Å². The summed E-state index contributed by atoms with van der Waals surface area (Å²) < 4.78 is 27.7. The van der Waals surface area contributed by atoms with E-state index in [0.29, 0.717) is 22.8 Å². The topological polar surface area (TPSA) is 86.8 Å². The fourth-order valence-corrected chi connectivity index (χ4v) is 5.73. The van der Waals surface area contributed by atoms with Gasteiger partial charge in [-0.1, -0.05) is 83.0 Å². The molecule has 1 atom stereocenters. The number of benzene rings is 3. The number of hydrogen-bond acceptors (Lipinski definition) is 4. The molecule has 0 saturated heterocycles. The van der Waals surface area contributed by atoms with Crippen LogP contribution in [0.1, 0.15) is 30.0 Å². The van der Waals surface area contributed by atoms with Gasteiger partial charge in [0, 0.05) is 29.0 Å². The van der Waals surface area contributed by atoms with Crippen molar-refractivity contribution in [1.29, 1.82) is 0 Å². The van der Waals surface area contributed by atoms with Crippen molar-refractivity contribution in [3.63, 3.8) is 0 Å². The smallest absolute Gasteiger partial charge is 0.244 e. The van der Waals surface area contributed by atoms with Gasteiger partial charge in [-0.25, -0.2) is 8.42 Å². The first kappa shape index (κ1) is 30.7. The van der Waals surface area contributed by atoms with E-state index in [0.717, 1.165) is 32.6 Å². The van der Waals surface area contributed by atoms with E-state index in [9.17, 15) is 18.0 Å². The third-order valence-electron chi connectivity index (χ3n) is 6.25. The zero-order valence-electron chi connectivity index (χ0n) is 22.2. The fraction of sp³-hybridized carbons (Fsp3) is 0.310. The molecule has 1 unspecified atom stereocenters. The Bertz CT molecular complexity index is 1400. The molecule has 3 aromatic rings. The Morgan fingerprint density at radius 3 is 2.31 bits per heavy atom. The zero-order valence-corrected chi connectivity index (χ0v) is 25.4. The molecule has 0 aliphatic rings. The number of sulfonamides is 1. The molecule has 0 aliphatic carbocycles. The van der Waals surface area contributed by atoms with Gasteiger partial charge in [0.25, 0.3) is 0 Å². The van der Waals surface area contributed by atoms with Gasteiger partial charge in [-0.15, -0.1) is 0 Å². The Labute approximate surface area is 244 Å². The molecule has 3 aromatic carbocycles. The third-order valence-corrected chi connectivity index (χ3v) is 8.28. The number of carbonyl (C=O) groups is 2.